The van der Waals surface area contributed by atoms with E-state index in [0.717, 1.165) is 24.7 Å². The summed E-state index contributed by atoms with van der Waals surface area (Å²) in [5, 5.41) is 6.22. The molecule has 2 rings (SSSR count). The number of aromatic nitrogens is 2. The average molecular weight is 207 g/mol. The minimum atomic E-state index is -0.119. The minimum absolute atomic E-state index is 0.119. The van der Waals surface area contributed by atoms with Crippen molar-refractivity contribution in [2.45, 2.75) is 26.2 Å². The zero-order valence-corrected chi connectivity index (χ0v) is 9.07. The molecule has 1 aromatic heterocycles. The third-order valence-corrected chi connectivity index (χ3v) is 3.00. The summed E-state index contributed by atoms with van der Waals surface area (Å²) >= 11 is 0. The predicted molar refractivity (Wildman–Crippen MR) is 60.1 cm³/mol. The molecule has 0 aliphatic carbocycles. The number of anilines is 1. The number of nitrogens with zero attached hydrogens (tertiary/aromatic N) is 2. The van der Waals surface area contributed by atoms with Gasteiger partial charge in [0.1, 0.15) is 0 Å². The highest BCUT2D eigenvalue weighted by molar-refractivity contribution is 5.43. The van der Waals surface area contributed by atoms with Crippen LogP contribution >= 0.6 is 0 Å². The van der Waals surface area contributed by atoms with Crippen LogP contribution in [0.5, 0.6) is 0 Å². The number of aromatic amines is 1. The summed E-state index contributed by atoms with van der Waals surface area (Å²) in [6.45, 7) is 4.34. The molecule has 0 amide bonds. The van der Waals surface area contributed by atoms with Crippen LogP contribution in [0.1, 0.15) is 26.2 Å². The van der Waals surface area contributed by atoms with Gasteiger partial charge in [-0.2, -0.15) is 5.10 Å². The van der Waals surface area contributed by atoms with Gasteiger partial charge in [-0.3, -0.25) is 4.79 Å². The topological polar surface area (TPSA) is 49.0 Å². The molecule has 1 aliphatic rings. The normalized spacial score (nSPS) is 20.9. The zero-order chi connectivity index (χ0) is 10.7. The summed E-state index contributed by atoms with van der Waals surface area (Å²) in [7, 11) is 0. The van der Waals surface area contributed by atoms with Crippen LogP contribution in [0.3, 0.4) is 0 Å². The number of nitrogens with one attached hydrogen (secondary N) is 1. The van der Waals surface area contributed by atoms with Crippen molar-refractivity contribution < 1.29 is 0 Å². The van der Waals surface area contributed by atoms with Crippen molar-refractivity contribution in [3.05, 3.63) is 22.6 Å². The molecule has 0 radical (unpaired) electrons. The second-order valence-corrected chi connectivity index (χ2v) is 4.19. The monoisotopic (exact) mass is 207 g/mol. The van der Waals surface area contributed by atoms with E-state index in [9.17, 15) is 4.79 Å². The highest BCUT2D eigenvalue weighted by Gasteiger charge is 2.22. The lowest BCUT2D eigenvalue weighted by molar-refractivity contribution is 0.530. The molecular formula is C11H17N3O. The van der Waals surface area contributed by atoms with Gasteiger partial charge >= 0.3 is 0 Å². The Bertz CT molecular complexity index is 374. The van der Waals surface area contributed by atoms with Gasteiger partial charge in [-0.25, -0.2) is 5.10 Å². The molecule has 0 saturated carbocycles. The molecule has 1 aliphatic heterocycles. The van der Waals surface area contributed by atoms with Crippen molar-refractivity contribution in [2.75, 3.05) is 18.0 Å². The second kappa shape index (κ2) is 4.47. The minimum Gasteiger partial charge on any atom is -0.370 e. The fourth-order valence-corrected chi connectivity index (χ4v) is 2.25. The van der Waals surface area contributed by atoms with Crippen molar-refractivity contribution >= 4 is 5.69 Å². The fraction of sp³-hybridized carbons (Fsp3) is 0.636. The molecule has 1 N–H and O–H groups in total. The van der Waals surface area contributed by atoms with E-state index < -0.39 is 0 Å². The van der Waals surface area contributed by atoms with Gasteiger partial charge in [-0.1, -0.05) is 13.3 Å². The summed E-state index contributed by atoms with van der Waals surface area (Å²) in [5.41, 5.74) is 0.837. The summed E-state index contributed by atoms with van der Waals surface area (Å²) in [6.07, 6.45) is 5.50. The van der Waals surface area contributed by atoms with Crippen molar-refractivity contribution in [1.29, 1.82) is 0 Å². The third kappa shape index (κ3) is 2.37. The second-order valence-electron chi connectivity index (χ2n) is 4.19. The number of H-pyrrole nitrogens is 1. The molecule has 2 heterocycles. The largest absolute Gasteiger partial charge is 0.370 e. The lowest BCUT2D eigenvalue weighted by Gasteiger charge is -2.17. The quantitative estimate of drug-likeness (QED) is 0.815. The highest BCUT2D eigenvalue weighted by Crippen LogP contribution is 2.24. The molecule has 0 bridgehead atoms. The van der Waals surface area contributed by atoms with Crippen LogP contribution in [0, 0.1) is 5.92 Å². The fourth-order valence-electron chi connectivity index (χ4n) is 2.25. The van der Waals surface area contributed by atoms with E-state index in [0.29, 0.717) is 0 Å². The first-order chi connectivity index (χ1) is 7.29. The maximum atomic E-state index is 11.1. The Labute approximate surface area is 89.3 Å². The van der Waals surface area contributed by atoms with Crippen molar-refractivity contribution in [2.24, 2.45) is 5.92 Å². The van der Waals surface area contributed by atoms with E-state index in [2.05, 4.69) is 22.0 Å². The average Bonchev–Trinajstić information content (AvgIpc) is 2.67. The SMILES string of the molecule is CCCC1CCN(c2cn[nH]c(=O)c2)C1. The van der Waals surface area contributed by atoms with E-state index in [-0.39, 0.29) is 5.56 Å². The number of hydrogen-bond donors (Lipinski definition) is 1. The smallest absolute Gasteiger partial charge is 0.266 e. The van der Waals surface area contributed by atoms with E-state index in [1.807, 2.05) is 0 Å². The Hall–Kier alpha value is -1.32. The molecule has 1 atom stereocenters. The Morgan fingerprint density at radius 1 is 1.67 bits per heavy atom. The molecular weight excluding hydrogens is 190 g/mol. The first-order valence-electron chi connectivity index (χ1n) is 5.59. The molecule has 0 spiro atoms. The number of hydrogen-bond acceptors (Lipinski definition) is 3. The van der Waals surface area contributed by atoms with Crippen LogP contribution in [0.15, 0.2) is 17.1 Å². The Kier molecular flexibility index (Phi) is 3.04. The first kappa shape index (κ1) is 10.2. The molecule has 1 saturated heterocycles. The van der Waals surface area contributed by atoms with Crippen LogP contribution in [-0.4, -0.2) is 23.3 Å². The van der Waals surface area contributed by atoms with Crippen LogP contribution < -0.4 is 10.5 Å². The van der Waals surface area contributed by atoms with Gasteiger partial charge in [0, 0.05) is 19.2 Å². The summed E-state index contributed by atoms with van der Waals surface area (Å²) in [4.78, 5) is 13.4. The van der Waals surface area contributed by atoms with Crippen LogP contribution in [0.25, 0.3) is 0 Å². The summed E-state index contributed by atoms with van der Waals surface area (Å²) in [5.74, 6) is 0.786. The molecule has 1 aromatic rings. The molecule has 15 heavy (non-hydrogen) atoms. The molecule has 4 heteroatoms. The van der Waals surface area contributed by atoms with Gasteiger partial charge in [0.2, 0.25) is 0 Å². The Morgan fingerprint density at radius 2 is 2.53 bits per heavy atom. The molecule has 0 aromatic carbocycles. The highest BCUT2D eigenvalue weighted by atomic mass is 16.1. The Balaban J connectivity index is 2.04. The maximum Gasteiger partial charge on any atom is 0.266 e. The van der Waals surface area contributed by atoms with Gasteiger partial charge in [0.25, 0.3) is 5.56 Å². The van der Waals surface area contributed by atoms with Crippen molar-refractivity contribution in [3.8, 4) is 0 Å². The van der Waals surface area contributed by atoms with E-state index in [1.165, 1.54) is 19.3 Å². The zero-order valence-electron chi connectivity index (χ0n) is 9.07. The van der Waals surface area contributed by atoms with Crippen molar-refractivity contribution in [3.63, 3.8) is 0 Å². The predicted octanol–water partition coefficient (Wildman–Crippen LogP) is 1.40. The van der Waals surface area contributed by atoms with Gasteiger partial charge in [0.05, 0.1) is 11.9 Å². The lowest BCUT2D eigenvalue weighted by atomic mass is 10.0. The van der Waals surface area contributed by atoms with Crippen LogP contribution in [0.2, 0.25) is 0 Å². The molecule has 82 valence electrons. The van der Waals surface area contributed by atoms with Crippen molar-refractivity contribution in [1.82, 2.24) is 10.2 Å². The van der Waals surface area contributed by atoms with Gasteiger partial charge in [0.15, 0.2) is 0 Å². The van der Waals surface area contributed by atoms with Gasteiger partial charge in [-0.05, 0) is 18.8 Å². The van der Waals surface area contributed by atoms with Crippen LogP contribution in [0.4, 0.5) is 5.69 Å². The number of rotatable bonds is 3. The Morgan fingerprint density at radius 3 is 3.27 bits per heavy atom. The molecule has 4 nitrogen and oxygen atoms in total. The van der Waals surface area contributed by atoms with Gasteiger partial charge in [-0.15, -0.1) is 0 Å². The molecule has 1 fully saturated rings. The van der Waals surface area contributed by atoms with E-state index >= 15 is 0 Å². The standard InChI is InChI=1S/C11H17N3O/c1-2-3-9-4-5-14(8-9)10-6-11(15)13-12-7-10/h6-7,9H,2-5,8H2,1H3,(H,13,15). The summed E-state index contributed by atoms with van der Waals surface area (Å²) in [6, 6.07) is 1.63. The first-order valence-corrected chi connectivity index (χ1v) is 5.59. The van der Waals surface area contributed by atoms with E-state index in [1.54, 1.807) is 12.3 Å². The molecule has 1 unspecified atom stereocenters. The van der Waals surface area contributed by atoms with Gasteiger partial charge < -0.3 is 4.90 Å². The summed E-state index contributed by atoms with van der Waals surface area (Å²) < 4.78 is 0. The van der Waals surface area contributed by atoms with Crippen LogP contribution in [-0.2, 0) is 0 Å². The third-order valence-electron chi connectivity index (χ3n) is 3.00. The maximum absolute atomic E-state index is 11.1. The lowest BCUT2D eigenvalue weighted by Crippen LogP contribution is -2.22. The van der Waals surface area contributed by atoms with E-state index in [4.69, 9.17) is 0 Å².